The second-order valence-corrected chi connectivity index (χ2v) is 6.76. The largest absolute Gasteiger partial charge is 0.146 e. The summed E-state index contributed by atoms with van der Waals surface area (Å²) < 4.78 is 0. The molecular formula is C12H17BrS. The van der Waals surface area contributed by atoms with E-state index in [2.05, 4.69) is 35.8 Å². The minimum atomic E-state index is 0.606. The van der Waals surface area contributed by atoms with E-state index in [9.17, 15) is 0 Å². The third kappa shape index (κ3) is 2.06. The third-order valence-corrected chi connectivity index (χ3v) is 5.41. The van der Waals surface area contributed by atoms with Gasteiger partial charge < -0.3 is 0 Å². The zero-order valence-corrected chi connectivity index (χ0v) is 11.2. The first kappa shape index (κ1) is 10.7. The van der Waals surface area contributed by atoms with Gasteiger partial charge in [0, 0.05) is 14.6 Å². The second kappa shape index (κ2) is 4.36. The predicted octanol–water partition coefficient (Wildman–Crippen LogP) is 4.99. The van der Waals surface area contributed by atoms with E-state index in [0.717, 1.165) is 5.92 Å². The number of hydrogen-bond donors (Lipinski definition) is 0. The van der Waals surface area contributed by atoms with E-state index in [0.29, 0.717) is 4.83 Å². The molecule has 2 heteroatoms. The fourth-order valence-corrected chi connectivity index (χ4v) is 4.56. The van der Waals surface area contributed by atoms with Crippen LogP contribution in [0.5, 0.6) is 0 Å². The predicted molar refractivity (Wildman–Crippen MR) is 67.4 cm³/mol. The molecule has 1 atom stereocenters. The number of hydrogen-bond acceptors (Lipinski definition) is 1. The van der Waals surface area contributed by atoms with Crippen LogP contribution < -0.4 is 0 Å². The van der Waals surface area contributed by atoms with Crippen LogP contribution in [0.25, 0.3) is 0 Å². The van der Waals surface area contributed by atoms with Gasteiger partial charge in [-0.25, -0.2) is 0 Å². The molecule has 14 heavy (non-hydrogen) atoms. The van der Waals surface area contributed by atoms with Crippen molar-refractivity contribution in [2.24, 2.45) is 5.92 Å². The van der Waals surface area contributed by atoms with Crippen molar-refractivity contribution in [3.8, 4) is 0 Å². The highest BCUT2D eigenvalue weighted by atomic mass is 79.9. The van der Waals surface area contributed by atoms with Crippen molar-refractivity contribution < 1.29 is 0 Å². The normalized spacial score (nSPS) is 20.2. The van der Waals surface area contributed by atoms with Gasteiger partial charge in [-0.15, -0.1) is 11.3 Å². The zero-order chi connectivity index (χ0) is 10.1. The maximum absolute atomic E-state index is 3.88. The molecule has 0 bridgehead atoms. The van der Waals surface area contributed by atoms with Gasteiger partial charge in [-0.2, -0.15) is 0 Å². The van der Waals surface area contributed by atoms with Crippen molar-refractivity contribution in [3.63, 3.8) is 0 Å². The Morgan fingerprint density at radius 2 is 2.00 bits per heavy atom. The maximum Gasteiger partial charge on any atom is 0.0434 e. The van der Waals surface area contributed by atoms with E-state index in [1.54, 1.807) is 5.56 Å². The molecule has 0 radical (unpaired) electrons. The molecule has 0 aliphatic heterocycles. The highest BCUT2D eigenvalue weighted by molar-refractivity contribution is 9.09. The zero-order valence-electron chi connectivity index (χ0n) is 8.85. The Labute approximate surface area is 98.9 Å². The minimum absolute atomic E-state index is 0.606. The molecule has 0 amide bonds. The van der Waals surface area contributed by atoms with Gasteiger partial charge in [0.05, 0.1) is 0 Å². The Hall–Kier alpha value is 0.180. The van der Waals surface area contributed by atoms with Gasteiger partial charge >= 0.3 is 0 Å². The van der Waals surface area contributed by atoms with E-state index in [-0.39, 0.29) is 0 Å². The number of alkyl halides is 1. The van der Waals surface area contributed by atoms with Crippen LogP contribution in [0.4, 0.5) is 0 Å². The number of aryl methyl sites for hydroxylation is 2. The number of thiophene rings is 1. The molecule has 1 heterocycles. The van der Waals surface area contributed by atoms with E-state index in [1.807, 2.05) is 11.3 Å². The summed E-state index contributed by atoms with van der Waals surface area (Å²) in [5.41, 5.74) is 1.54. The molecule has 1 unspecified atom stereocenters. The topological polar surface area (TPSA) is 0 Å². The lowest BCUT2D eigenvalue weighted by Gasteiger charge is -2.16. The van der Waals surface area contributed by atoms with Gasteiger partial charge in [0.2, 0.25) is 0 Å². The van der Waals surface area contributed by atoms with E-state index in [1.165, 1.54) is 35.4 Å². The molecule has 1 saturated carbocycles. The van der Waals surface area contributed by atoms with Crippen molar-refractivity contribution in [1.82, 2.24) is 0 Å². The Bertz CT molecular complexity index is 310. The monoisotopic (exact) mass is 272 g/mol. The lowest BCUT2D eigenvalue weighted by atomic mass is 9.98. The molecule has 1 aliphatic carbocycles. The summed E-state index contributed by atoms with van der Waals surface area (Å²) in [6.45, 7) is 4.45. The van der Waals surface area contributed by atoms with Crippen molar-refractivity contribution in [2.45, 2.75) is 44.4 Å². The van der Waals surface area contributed by atoms with Gasteiger partial charge in [0.15, 0.2) is 0 Å². The van der Waals surface area contributed by atoms with Crippen molar-refractivity contribution in [2.75, 3.05) is 0 Å². The average molecular weight is 273 g/mol. The lowest BCUT2D eigenvalue weighted by Crippen LogP contribution is -2.02. The highest BCUT2D eigenvalue weighted by Gasteiger charge is 2.25. The van der Waals surface area contributed by atoms with Gasteiger partial charge in [0.1, 0.15) is 0 Å². The van der Waals surface area contributed by atoms with Crippen LogP contribution in [0.2, 0.25) is 0 Å². The fourth-order valence-electron chi connectivity index (χ4n) is 2.43. The Morgan fingerprint density at radius 1 is 1.36 bits per heavy atom. The summed E-state index contributed by atoms with van der Waals surface area (Å²) in [7, 11) is 0. The Balaban J connectivity index is 2.17. The summed E-state index contributed by atoms with van der Waals surface area (Å²) in [6.07, 6.45) is 5.67. The second-order valence-electron chi connectivity index (χ2n) is 4.31. The molecule has 0 saturated heterocycles. The number of rotatable bonds is 2. The molecule has 1 aromatic heterocycles. The van der Waals surface area contributed by atoms with Gasteiger partial charge in [-0.1, -0.05) is 28.8 Å². The first-order valence-corrected chi connectivity index (χ1v) is 7.12. The minimum Gasteiger partial charge on any atom is -0.146 e. The molecular weight excluding hydrogens is 256 g/mol. The smallest absolute Gasteiger partial charge is 0.0434 e. The Morgan fingerprint density at radius 3 is 2.50 bits per heavy atom. The molecule has 2 rings (SSSR count). The molecule has 0 nitrogen and oxygen atoms in total. The summed E-state index contributed by atoms with van der Waals surface area (Å²) >= 11 is 5.81. The van der Waals surface area contributed by atoms with Crippen LogP contribution >= 0.6 is 27.3 Å². The molecule has 1 aliphatic rings. The van der Waals surface area contributed by atoms with E-state index in [4.69, 9.17) is 0 Å². The summed E-state index contributed by atoms with van der Waals surface area (Å²) in [4.78, 5) is 3.55. The molecule has 1 fully saturated rings. The van der Waals surface area contributed by atoms with Crippen molar-refractivity contribution >= 4 is 27.3 Å². The van der Waals surface area contributed by atoms with Crippen LogP contribution in [-0.4, -0.2) is 0 Å². The average Bonchev–Trinajstić information content (AvgIpc) is 2.73. The van der Waals surface area contributed by atoms with Crippen LogP contribution in [0, 0.1) is 19.8 Å². The molecule has 1 aromatic rings. The SMILES string of the molecule is Cc1cc(C(Br)C2CCCC2)c(C)s1. The van der Waals surface area contributed by atoms with Crippen LogP contribution in [0.3, 0.4) is 0 Å². The van der Waals surface area contributed by atoms with Crippen LogP contribution in [0.15, 0.2) is 6.07 Å². The molecule has 0 N–H and O–H groups in total. The van der Waals surface area contributed by atoms with E-state index >= 15 is 0 Å². The standard InChI is InChI=1S/C12H17BrS/c1-8-7-11(9(2)14-8)12(13)10-5-3-4-6-10/h7,10,12H,3-6H2,1-2H3. The van der Waals surface area contributed by atoms with E-state index < -0.39 is 0 Å². The molecule has 78 valence electrons. The highest BCUT2D eigenvalue weighted by Crippen LogP contribution is 2.43. The number of halogens is 1. The van der Waals surface area contributed by atoms with Gasteiger partial charge in [-0.05, 0) is 44.2 Å². The first-order chi connectivity index (χ1) is 6.68. The van der Waals surface area contributed by atoms with Crippen LogP contribution in [0.1, 0.15) is 45.8 Å². The van der Waals surface area contributed by atoms with Gasteiger partial charge in [-0.3, -0.25) is 0 Å². The summed E-state index contributed by atoms with van der Waals surface area (Å²) in [5.74, 6) is 0.877. The molecule has 0 aromatic carbocycles. The van der Waals surface area contributed by atoms with Crippen molar-refractivity contribution in [3.05, 3.63) is 21.4 Å². The lowest BCUT2D eigenvalue weighted by molar-refractivity contribution is 0.541. The summed E-state index contributed by atoms with van der Waals surface area (Å²) in [5, 5.41) is 0. The first-order valence-electron chi connectivity index (χ1n) is 5.39. The molecule has 0 spiro atoms. The van der Waals surface area contributed by atoms with Crippen molar-refractivity contribution in [1.29, 1.82) is 0 Å². The third-order valence-electron chi connectivity index (χ3n) is 3.19. The Kier molecular flexibility index (Phi) is 3.33. The fraction of sp³-hybridized carbons (Fsp3) is 0.667. The maximum atomic E-state index is 3.88. The quantitative estimate of drug-likeness (QED) is 0.666. The summed E-state index contributed by atoms with van der Waals surface area (Å²) in [6, 6.07) is 2.36. The van der Waals surface area contributed by atoms with Gasteiger partial charge in [0.25, 0.3) is 0 Å². The van der Waals surface area contributed by atoms with Crippen LogP contribution in [-0.2, 0) is 0 Å².